The van der Waals surface area contributed by atoms with Gasteiger partial charge in [0.15, 0.2) is 0 Å². The lowest BCUT2D eigenvalue weighted by molar-refractivity contribution is -0.142. The summed E-state index contributed by atoms with van der Waals surface area (Å²) in [4.78, 5) is 13.2. The summed E-state index contributed by atoms with van der Waals surface area (Å²) in [6.45, 7) is 3.29. The fourth-order valence-corrected chi connectivity index (χ4v) is 2.59. The number of nitrogens with zero attached hydrogens (tertiary/aromatic N) is 1. The Labute approximate surface area is 79.0 Å². The molecule has 0 aromatic heterocycles. The molecule has 13 heavy (non-hydrogen) atoms. The Kier molecular flexibility index (Phi) is 2.54. The number of ether oxygens (including phenoxy) is 1. The lowest BCUT2D eigenvalue weighted by atomic mass is 10.1. The average Bonchev–Trinajstić information content (AvgIpc) is 2.60. The first kappa shape index (κ1) is 9.00. The summed E-state index contributed by atoms with van der Waals surface area (Å²) in [7, 11) is 0. The highest BCUT2D eigenvalue weighted by Gasteiger charge is 2.36. The molecular weight excluding hydrogens is 166 g/mol. The number of esters is 1. The number of hydrogen-bond acceptors (Lipinski definition) is 3. The molecular formula is C10H17NO2. The van der Waals surface area contributed by atoms with Gasteiger partial charge in [-0.05, 0) is 32.2 Å². The van der Waals surface area contributed by atoms with E-state index >= 15 is 0 Å². The van der Waals surface area contributed by atoms with Crippen LogP contribution in [-0.4, -0.2) is 36.1 Å². The van der Waals surface area contributed by atoms with Gasteiger partial charge in [-0.2, -0.15) is 0 Å². The van der Waals surface area contributed by atoms with E-state index in [1.807, 2.05) is 0 Å². The molecule has 74 valence electrons. The molecule has 2 aliphatic rings. The van der Waals surface area contributed by atoms with Gasteiger partial charge in [0, 0.05) is 19.0 Å². The summed E-state index contributed by atoms with van der Waals surface area (Å²) in [6.07, 6.45) is 5.17. The topological polar surface area (TPSA) is 29.5 Å². The lowest BCUT2D eigenvalue weighted by Gasteiger charge is -2.22. The van der Waals surface area contributed by atoms with Crippen LogP contribution in [0, 0.1) is 0 Å². The third-order valence-electron chi connectivity index (χ3n) is 3.20. The van der Waals surface area contributed by atoms with Crippen molar-refractivity contribution in [3.8, 4) is 0 Å². The van der Waals surface area contributed by atoms with Crippen LogP contribution in [0.1, 0.15) is 32.6 Å². The summed E-state index contributed by atoms with van der Waals surface area (Å²) in [5.74, 6) is -0.150. The van der Waals surface area contributed by atoms with Crippen LogP contribution >= 0.6 is 0 Å². The van der Waals surface area contributed by atoms with Crippen molar-refractivity contribution in [2.24, 2.45) is 0 Å². The Morgan fingerprint density at radius 1 is 1.46 bits per heavy atom. The van der Waals surface area contributed by atoms with Gasteiger partial charge in [0.1, 0.15) is 6.61 Å². The van der Waals surface area contributed by atoms with Gasteiger partial charge in [-0.3, -0.25) is 9.69 Å². The second-order valence-electron chi connectivity index (χ2n) is 4.07. The molecule has 0 aromatic rings. The van der Waals surface area contributed by atoms with Crippen LogP contribution < -0.4 is 0 Å². The minimum Gasteiger partial charge on any atom is -0.464 e. The monoisotopic (exact) mass is 183 g/mol. The number of fused-ring (bicyclic) bond motifs is 1. The average molecular weight is 183 g/mol. The van der Waals surface area contributed by atoms with Crippen molar-refractivity contribution >= 4 is 5.97 Å². The zero-order valence-electron chi connectivity index (χ0n) is 8.16. The minimum absolute atomic E-state index is 0.150. The van der Waals surface area contributed by atoms with Crippen LogP contribution in [-0.2, 0) is 9.53 Å². The normalized spacial score (nSPS) is 33.3. The van der Waals surface area contributed by atoms with Crippen molar-refractivity contribution in [2.45, 2.75) is 44.7 Å². The molecule has 2 rings (SSSR count). The van der Waals surface area contributed by atoms with Crippen LogP contribution in [0.3, 0.4) is 0 Å². The Balaban J connectivity index is 1.83. The fourth-order valence-electron chi connectivity index (χ4n) is 2.59. The highest BCUT2D eigenvalue weighted by atomic mass is 16.5. The van der Waals surface area contributed by atoms with Gasteiger partial charge >= 0.3 is 5.97 Å². The molecule has 0 bridgehead atoms. The highest BCUT2D eigenvalue weighted by Crippen LogP contribution is 2.32. The molecule has 0 aromatic carbocycles. The maximum absolute atomic E-state index is 10.7. The van der Waals surface area contributed by atoms with Crippen molar-refractivity contribution in [1.29, 1.82) is 0 Å². The quantitative estimate of drug-likeness (QED) is 0.602. The number of carbonyl (C=O) groups excluding carboxylic acids is 1. The van der Waals surface area contributed by atoms with E-state index in [2.05, 4.69) is 4.90 Å². The van der Waals surface area contributed by atoms with Gasteiger partial charge in [0.2, 0.25) is 0 Å². The molecule has 1 unspecified atom stereocenters. The summed E-state index contributed by atoms with van der Waals surface area (Å²) < 4.78 is 5.05. The van der Waals surface area contributed by atoms with Crippen molar-refractivity contribution in [2.75, 3.05) is 13.2 Å². The van der Waals surface area contributed by atoms with Gasteiger partial charge in [0.25, 0.3) is 0 Å². The highest BCUT2D eigenvalue weighted by molar-refractivity contribution is 5.65. The first-order valence-electron chi connectivity index (χ1n) is 5.16. The fraction of sp³-hybridized carbons (Fsp3) is 0.900. The van der Waals surface area contributed by atoms with E-state index in [-0.39, 0.29) is 5.97 Å². The smallest absolute Gasteiger partial charge is 0.302 e. The number of carbonyl (C=O) groups is 1. The van der Waals surface area contributed by atoms with Gasteiger partial charge in [-0.1, -0.05) is 0 Å². The van der Waals surface area contributed by atoms with Crippen molar-refractivity contribution in [3.05, 3.63) is 0 Å². The Morgan fingerprint density at radius 3 is 3.08 bits per heavy atom. The zero-order chi connectivity index (χ0) is 9.26. The summed E-state index contributed by atoms with van der Waals surface area (Å²) >= 11 is 0. The Morgan fingerprint density at radius 2 is 2.31 bits per heavy atom. The van der Waals surface area contributed by atoms with E-state index in [1.165, 1.54) is 39.2 Å². The second-order valence-corrected chi connectivity index (χ2v) is 4.07. The molecule has 3 nitrogen and oxygen atoms in total. The van der Waals surface area contributed by atoms with Crippen molar-refractivity contribution in [3.63, 3.8) is 0 Å². The summed E-state index contributed by atoms with van der Waals surface area (Å²) in [6, 6.07) is 1.30. The number of rotatable bonds is 2. The third-order valence-corrected chi connectivity index (χ3v) is 3.20. The molecule has 0 N–H and O–H groups in total. The maximum Gasteiger partial charge on any atom is 0.302 e. The molecule has 2 saturated heterocycles. The molecule has 2 heterocycles. The first-order valence-corrected chi connectivity index (χ1v) is 5.16. The Bertz CT molecular complexity index is 205. The van der Waals surface area contributed by atoms with Gasteiger partial charge in [0.05, 0.1) is 0 Å². The van der Waals surface area contributed by atoms with Gasteiger partial charge in [-0.25, -0.2) is 0 Å². The lowest BCUT2D eigenvalue weighted by Crippen LogP contribution is -2.34. The van der Waals surface area contributed by atoms with E-state index in [9.17, 15) is 4.79 Å². The Hall–Kier alpha value is -0.570. The minimum atomic E-state index is -0.150. The van der Waals surface area contributed by atoms with E-state index in [0.29, 0.717) is 12.6 Å². The van der Waals surface area contributed by atoms with Crippen LogP contribution in [0.15, 0.2) is 0 Å². The second kappa shape index (κ2) is 3.66. The molecule has 0 aliphatic carbocycles. The van der Waals surface area contributed by atoms with E-state index in [1.54, 1.807) is 0 Å². The van der Waals surface area contributed by atoms with Crippen molar-refractivity contribution < 1.29 is 9.53 Å². The van der Waals surface area contributed by atoms with E-state index in [4.69, 9.17) is 4.74 Å². The third kappa shape index (κ3) is 1.85. The molecule has 2 aliphatic heterocycles. The predicted molar refractivity (Wildman–Crippen MR) is 49.4 cm³/mol. The molecule has 0 spiro atoms. The molecule has 2 atom stereocenters. The van der Waals surface area contributed by atoms with Gasteiger partial charge in [-0.15, -0.1) is 0 Å². The number of hydrogen-bond donors (Lipinski definition) is 0. The SMILES string of the molecule is CC(=O)OC[C@@H]1CCC2CCCN21. The summed E-state index contributed by atoms with van der Waals surface area (Å²) in [5, 5.41) is 0. The maximum atomic E-state index is 10.7. The standard InChI is InChI=1S/C10H17NO2/c1-8(12)13-7-10-5-4-9-3-2-6-11(9)10/h9-10H,2-7H2,1H3/t9?,10-/m0/s1. The molecule has 2 fully saturated rings. The summed E-state index contributed by atoms with van der Waals surface area (Å²) in [5.41, 5.74) is 0. The molecule has 3 heteroatoms. The predicted octanol–water partition coefficient (Wildman–Crippen LogP) is 1.18. The van der Waals surface area contributed by atoms with Gasteiger partial charge < -0.3 is 4.74 Å². The first-order chi connectivity index (χ1) is 6.27. The van der Waals surface area contributed by atoms with E-state index < -0.39 is 0 Å². The largest absolute Gasteiger partial charge is 0.464 e. The van der Waals surface area contributed by atoms with Crippen LogP contribution in [0.4, 0.5) is 0 Å². The van der Waals surface area contributed by atoms with Crippen LogP contribution in [0.25, 0.3) is 0 Å². The van der Waals surface area contributed by atoms with Crippen LogP contribution in [0.5, 0.6) is 0 Å². The zero-order valence-corrected chi connectivity index (χ0v) is 8.16. The van der Waals surface area contributed by atoms with Crippen molar-refractivity contribution in [1.82, 2.24) is 4.90 Å². The molecule has 0 saturated carbocycles. The van der Waals surface area contributed by atoms with E-state index in [0.717, 1.165) is 6.04 Å². The molecule has 0 amide bonds. The molecule has 0 radical (unpaired) electrons. The van der Waals surface area contributed by atoms with Crippen LogP contribution in [0.2, 0.25) is 0 Å².